The Morgan fingerprint density at radius 3 is 1.72 bits per heavy atom. The summed E-state index contributed by atoms with van der Waals surface area (Å²) in [5, 5.41) is 5.33. The smallest absolute Gasteiger partial charge is 0.0159 e. The van der Waals surface area contributed by atoms with E-state index in [2.05, 4.69) is 86.6 Å². The predicted molar refractivity (Wildman–Crippen MR) is 133 cm³/mol. The Morgan fingerprint density at radius 1 is 0.517 bits per heavy atom. The molecule has 0 bridgehead atoms. The molecular formula is C29H36. The van der Waals surface area contributed by atoms with Crippen molar-refractivity contribution in [3.05, 3.63) is 83.9 Å². The number of rotatable bonds is 0. The lowest BCUT2D eigenvalue weighted by Gasteiger charge is -2.21. The quantitative estimate of drug-likeness (QED) is 0.265. The van der Waals surface area contributed by atoms with Gasteiger partial charge in [-0.25, -0.2) is 0 Å². The van der Waals surface area contributed by atoms with Gasteiger partial charge in [0, 0.05) is 5.41 Å². The van der Waals surface area contributed by atoms with Gasteiger partial charge < -0.3 is 0 Å². The van der Waals surface area contributed by atoms with Crippen LogP contribution in [-0.4, -0.2) is 0 Å². The SMILES string of the molecule is CC.CC.CC.CC1(C)c2ccccc2-c2c1ccc1cc3ccccc3cc21. The lowest BCUT2D eigenvalue weighted by atomic mass is 9.82. The Kier molecular flexibility index (Phi) is 7.62. The zero-order valence-corrected chi connectivity index (χ0v) is 19.4. The average molecular weight is 385 g/mol. The monoisotopic (exact) mass is 384 g/mol. The van der Waals surface area contributed by atoms with Gasteiger partial charge in [0.2, 0.25) is 0 Å². The summed E-state index contributed by atoms with van der Waals surface area (Å²) in [6.45, 7) is 16.7. The topological polar surface area (TPSA) is 0 Å². The molecule has 0 unspecified atom stereocenters. The molecule has 1 aliphatic carbocycles. The minimum atomic E-state index is 0.0752. The van der Waals surface area contributed by atoms with Gasteiger partial charge in [-0.1, -0.05) is 116 Å². The maximum absolute atomic E-state index is 2.36. The maximum atomic E-state index is 2.36. The third-order valence-electron chi connectivity index (χ3n) is 5.43. The summed E-state index contributed by atoms with van der Waals surface area (Å²) in [6.07, 6.45) is 0. The van der Waals surface area contributed by atoms with Crippen molar-refractivity contribution in [2.45, 2.75) is 60.8 Å². The first kappa shape index (κ1) is 22.7. The van der Waals surface area contributed by atoms with Gasteiger partial charge in [-0.15, -0.1) is 0 Å². The summed E-state index contributed by atoms with van der Waals surface area (Å²) in [6, 6.07) is 26.8. The van der Waals surface area contributed by atoms with Crippen molar-refractivity contribution in [2.75, 3.05) is 0 Å². The van der Waals surface area contributed by atoms with Crippen LogP contribution in [0.5, 0.6) is 0 Å². The Labute approximate surface area is 177 Å². The minimum Gasteiger partial charge on any atom is -0.0683 e. The number of hydrogen-bond donors (Lipinski definition) is 0. The molecule has 5 rings (SSSR count). The van der Waals surface area contributed by atoms with Crippen LogP contribution >= 0.6 is 0 Å². The number of hydrogen-bond acceptors (Lipinski definition) is 0. The first-order valence-electron chi connectivity index (χ1n) is 11.2. The lowest BCUT2D eigenvalue weighted by molar-refractivity contribution is 0.661. The van der Waals surface area contributed by atoms with Crippen molar-refractivity contribution in [1.82, 2.24) is 0 Å². The molecule has 4 aromatic carbocycles. The molecule has 0 heteroatoms. The van der Waals surface area contributed by atoms with Crippen molar-refractivity contribution in [2.24, 2.45) is 0 Å². The summed E-state index contributed by atoms with van der Waals surface area (Å²) >= 11 is 0. The van der Waals surface area contributed by atoms with E-state index < -0.39 is 0 Å². The molecule has 0 heterocycles. The summed E-state index contributed by atoms with van der Waals surface area (Å²) in [7, 11) is 0. The minimum absolute atomic E-state index is 0.0752. The van der Waals surface area contributed by atoms with Crippen LogP contribution in [0.4, 0.5) is 0 Å². The Bertz CT molecular complexity index is 1080. The van der Waals surface area contributed by atoms with E-state index in [-0.39, 0.29) is 5.41 Å². The second kappa shape index (κ2) is 9.74. The molecule has 0 saturated carbocycles. The fourth-order valence-electron chi connectivity index (χ4n) is 4.22. The van der Waals surface area contributed by atoms with E-state index in [9.17, 15) is 0 Å². The van der Waals surface area contributed by atoms with Gasteiger partial charge in [0.1, 0.15) is 0 Å². The van der Waals surface area contributed by atoms with Crippen LogP contribution in [0.1, 0.15) is 66.5 Å². The number of fused-ring (bicyclic) bond motifs is 6. The highest BCUT2D eigenvalue weighted by atomic mass is 14.4. The van der Waals surface area contributed by atoms with Gasteiger partial charge in [0.05, 0.1) is 0 Å². The molecule has 0 N–H and O–H groups in total. The van der Waals surface area contributed by atoms with Crippen LogP contribution in [0.15, 0.2) is 72.8 Å². The Morgan fingerprint density at radius 2 is 1.07 bits per heavy atom. The zero-order chi connectivity index (χ0) is 21.6. The largest absolute Gasteiger partial charge is 0.0683 e. The molecule has 0 radical (unpaired) electrons. The third-order valence-corrected chi connectivity index (χ3v) is 5.43. The third kappa shape index (κ3) is 3.81. The van der Waals surface area contributed by atoms with Crippen molar-refractivity contribution in [3.8, 4) is 11.1 Å². The van der Waals surface area contributed by atoms with Crippen LogP contribution in [0.3, 0.4) is 0 Å². The van der Waals surface area contributed by atoms with E-state index in [1.54, 1.807) is 0 Å². The molecule has 0 saturated heterocycles. The summed E-state index contributed by atoms with van der Waals surface area (Å²) in [5.41, 5.74) is 5.78. The molecule has 29 heavy (non-hydrogen) atoms. The maximum Gasteiger partial charge on any atom is 0.0159 e. The highest BCUT2D eigenvalue weighted by Crippen LogP contribution is 2.51. The summed E-state index contributed by atoms with van der Waals surface area (Å²) < 4.78 is 0. The summed E-state index contributed by atoms with van der Waals surface area (Å²) in [5.74, 6) is 0. The van der Waals surface area contributed by atoms with E-state index in [4.69, 9.17) is 0 Å². The normalized spacial score (nSPS) is 12.4. The van der Waals surface area contributed by atoms with Gasteiger partial charge >= 0.3 is 0 Å². The molecule has 4 aromatic rings. The van der Waals surface area contributed by atoms with Gasteiger partial charge in [-0.05, 0) is 55.9 Å². The van der Waals surface area contributed by atoms with Crippen molar-refractivity contribution in [3.63, 3.8) is 0 Å². The molecule has 152 valence electrons. The van der Waals surface area contributed by atoms with Crippen LogP contribution in [-0.2, 0) is 5.41 Å². The molecular weight excluding hydrogens is 348 g/mol. The molecule has 0 aromatic heterocycles. The average Bonchev–Trinajstić information content (AvgIpc) is 3.04. The van der Waals surface area contributed by atoms with Crippen LogP contribution in [0.25, 0.3) is 32.7 Å². The first-order chi connectivity index (χ1) is 14.2. The Balaban J connectivity index is 0.000000461. The van der Waals surface area contributed by atoms with E-state index in [0.29, 0.717) is 0 Å². The second-order valence-corrected chi connectivity index (χ2v) is 7.08. The van der Waals surface area contributed by atoms with E-state index in [0.717, 1.165) is 0 Å². The molecule has 0 amide bonds. The van der Waals surface area contributed by atoms with Gasteiger partial charge in [-0.2, -0.15) is 0 Å². The molecule has 0 spiro atoms. The lowest BCUT2D eigenvalue weighted by Crippen LogP contribution is -2.14. The van der Waals surface area contributed by atoms with E-state index in [1.807, 2.05) is 41.5 Å². The fraction of sp³-hybridized carbons (Fsp3) is 0.310. The van der Waals surface area contributed by atoms with Crippen LogP contribution in [0, 0.1) is 0 Å². The van der Waals surface area contributed by atoms with Gasteiger partial charge in [0.25, 0.3) is 0 Å². The zero-order valence-electron chi connectivity index (χ0n) is 19.4. The van der Waals surface area contributed by atoms with E-state index >= 15 is 0 Å². The first-order valence-corrected chi connectivity index (χ1v) is 11.2. The van der Waals surface area contributed by atoms with Crippen LogP contribution < -0.4 is 0 Å². The number of benzene rings is 4. The predicted octanol–water partition coefficient (Wildman–Crippen LogP) is 9.38. The highest BCUT2D eigenvalue weighted by molar-refractivity contribution is 6.08. The molecule has 0 atom stereocenters. The Hall–Kier alpha value is -2.60. The van der Waals surface area contributed by atoms with Crippen molar-refractivity contribution < 1.29 is 0 Å². The standard InChI is InChI=1S/C23H18.3C2H6/c1-23(2)20-10-6-5-9-18(20)22-19-14-16-8-4-3-7-15(16)13-17(19)11-12-21(22)23;3*1-2/h3-14H,1-2H3;3*1-2H3. The molecule has 0 aliphatic heterocycles. The summed E-state index contributed by atoms with van der Waals surface area (Å²) in [4.78, 5) is 0. The fourth-order valence-corrected chi connectivity index (χ4v) is 4.22. The highest BCUT2D eigenvalue weighted by Gasteiger charge is 2.35. The molecule has 0 nitrogen and oxygen atoms in total. The van der Waals surface area contributed by atoms with Crippen LogP contribution in [0.2, 0.25) is 0 Å². The van der Waals surface area contributed by atoms with Crippen molar-refractivity contribution >= 4 is 21.5 Å². The van der Waals surface area contributed by atoms with E-state index in [1.165, 1.54) is 43.8 Å². The molecule has 0 fully saturated rings. The molecule has 1 aliphatic rings. The van der Waals surface area contributed by atoms with Gasteiger partial charge in [0.15, 0.2) is 0 Å². The van der Waals surface area contributed by atoms with Gasteiger partial charge in [-0.3, -0.25) is 0 Å². The van der Waals surface area contributed by atoms with Crippen molar-refractivity contribution in [1.29, 1.82) is 0 Å². The second-order valence-electron chi connectivity index (χ2n) is 7.08.